The van der Waals surface area contributed by atoms with Gasteiger partial charge in [0.15, 0.2) is 5.75 Å². The molecule has 3 heterocycles. The van der Waals surface area contributed by atoms with Crippen molar-refractivity contribution in [2.24, 2.45) is 7.05 Å². The highest BCUT2D eigenvalue weighted by Gasteiger charge is 2.37. The predicted octanol–water partition coefficient (Wildman–Crippen LogP) is 3.83. The van der Waals surface area contributed by atoms with Crippen LogP contribution in [0.15, 0.2) is 36.4 Å². The van der Waals surface area contributed by atoms with Gasteiger partial charge >= 0.3 is 6.09 Å². The molecule has 3 aromatic rings. The van der Waals surface area contributed by atoms with Crippen molar-refractivity contribution in [1.82, 2.24) is 19.3 Å². The number of likely N-dealkylation sites (tertiary alicyclic amines) is 1. The van der Waals surface area contributed by atoms with E-state index in [9.17, 15) is 18.0 Å². The maximum absolute atomic E-state index is 13.3. The largest absolute Gasteiger partial charge is 0.492 e. The van der Waals surface area contributed by atoms with E-state index in [4.69, 9.17) is 14.2 Å². The first-order valence-corrected chi connectivity index (χ1v) is 18.0. The molecule has 5 rings (SSSR count). The number of fused-ring (bicyclic) bond motifs is 1. The second-order valence-corrected chi connectivity index (χ2v) is 15.5. The molecular formula is C34H48N6O7S. The third-order valence-electron chi connectivity index (χ3n) is 9.19. The minimum Gasteiger partial charge on any atom is -0.492 e. The summed E-state index contributed by atoms with van der Waals surface area (Å²) >= 11 is 0. The Hall–Kier alpha value is -3.85. The molecule has 2 N–H and O–H groups in total. The summed E-state index contributed by atoms with van der Waals surface area (Å²) in [7, 11) is 3.32. The highest BCUT2D eigenvalue weighted by molar-refractivity contribution is 7.92. The number of nitrogens with one attached hydrogen (secondary N) is 2. The van der Waals surface area contributed by atoms with E-state index in [1.165, 1.54) is 7.11 Å². The molecule has 2 atom stereocenters. The van der Waals surface area contributed by atoms with Crippen molar-refractivity contribution >= 4 is 44.3 Å². The number of amides is 2. The fourth-order valence-electron chi connectivity index (χ4n) is 6.57. The quantitative estimate of drug-likeness (QED) is 0.345. The number of methoxy groups -OCH3 is 2. The van der Waals surface area contributed by atoms with Gasteiger partial charge in [-0.2, -0.15) is 0 Å². The van der Waals surface area contributed by atoms with Gasteiger partial charge in [0.05, 0.1) is 42.4 Å². The number of carbonyl (C=O) groups is 2. The molecular weight excluding hydrogens is 636 g/mol. The number of hydrogen-bond donors (Lipinski definition) is 2. The monoisotopic (exact) mass is 684 g/mol. The Balaban J connectivity index is 1.29. The van der Waals surface area contributed by atoms with Gasteiger partial charge in [-0.3, -0.25) is 24.6 Å². The molecule has 2 amide bonds. The number of anilines is 2. The molecule has 2 aromatic carbocycles. The lowest BCUT2D eigenvalue weighted by Crippen LogP contribution is -2.52. The molecule has 48 heavy (non-hydrogen) atoms. The number of piperazine rings is 1. The second kappa shape index (κ2) is 13.9. The van der Waals surface area contributed by atoms with Crippen LogP contribution in [0.2, 0.25) is 0 Å². The normalized spacial score (nSPS) is 19.5. The van der Waals surface area contributed by atoms with E-state index >= 15 is 0 Å². The van der Waals surface area contributed by atoms with Crippen molar-refractivity contribution in [2.75, 3.05) is 70.3 Å². The van der Waals surface area contributed by atoms with Gasteiger partial charge in [0, 0.05) is 64.9 Å². The SMILES string of the molecule is COc1c(NC(=O)Oc2cc3cccc(CN4CCN(C(=O)[C@H]5C[C@@H](OC)CN5C)CC4)c3n2C)cc(C(C)(C)C)cc1NS(C)(=O)=O. The molecule has 14 heteroatoms. The number of para-hydroxylation sites is 1. The third-order valence-corrected chi connectivity index (χ3v) is 9.78. The molecule has 2 fully saturated rings. The molecule has 0 radical (unpaired) electrons. The third kappa shape index (κ3) is 7.88. The number of ether oxygens (including phenoxy) is 3. The lowest BCUT2D eigenvalue weighted by atomic mass is 9.86. The summed E-state index contributed by atoms with van der Waals surface area (Å²) in [5, 5.41) is 3.68. The number of rotatable bonds is 9. The van der Waals surface area contributed by atoms with Crippen molar-refractivity contribution in [2.45, 2.75) is 51.3 Å². The van der Waals surface area contributed by atoms with Crippen molar-refractivity contribution < 1.29 is 32.2 Å². The van der Waals surface area contributed by atoms with Gasteiger partial charge in [0.2, 0.25) is 21.8 Å². The summed E-state index contributed by atoms with van der Waals surface area (Å²) in [6.45, 7) is 10.3. The summed E-state index contributed by atoms with van der Waals surface area (Å²) in [6.07, 6.45) is 1.13. The topological polar surface area (TPSA) is 135 Å². The van der Waals surface area contributed by atoms with E-state index in [2.05, 4.69) is 25.9 Å². The van der Waals surface area contributed by atoms with Gasteiger partial charge < -0.3 is 23.7 Å². The van der Waals surface area contributed by atoms with E-state index < -0.39 is 16.1 Å². The Morgan fingerprint density at radius 2 is 1.69 bits per heavy atom. The molecule has 13 nitrogen and oxygen atoms in total. The van der Waals surface area contributed by atoms with Crippen LogP contribution in [0.3, 0.4) is 0 Å². The summed E-state index contributed by atoms with van der Waals surface area (Å²) in [5.41, 5.74) is 2.96. The Kier molecular flexibility index (Phi) is 10.3. The van der Waals surface area contributed by atoms with E-state index in [0.29, 0.717) is 25.5 Å². The van der Waals surface area contributed by atoms with Crippen LogP contribution in [0.5, 0.6) is 11.6 Å². The Labute approximate surface area is 283 Å². The van der Waals surface area contributed by atoms with Crippen LogP contribution < -0.4 is 19.5 Å². The van der Waals surface area contributed by atoms with Crippen molar-refractivity contribution in [3.8, 4) is 11.6 Å². The molecule has 2 aliphatic rings. The number of nitrogens with zero attached hydrogens (tertiary/aromatic N) is 4. The predicted molar refractivity (Wildman–Crippen MR) is 186 cm³/mol. The lowest BCUT2D eigenvalue weighted by Gasteiger charge is -2.37. The van der Waals surface area contributed by atoms with Crippen molar-refractivity contribution in [1.29, 1.82) is 0 Å². The summed E-state index contributed by atoms with van der Waals surface area (Å²) in [5.74, 6) is 0.689. The number of likely N-dealkylation sites (N-methyl/N-ethyl adjacent to an activating group) is 1. The molecule has 0 unspecified atom stereocenters. The smallest absolute Gasteiger partial charge is 0.418 e. The van der Waals surface area contributed by atoms with Crippen molar-refractivity contribution in [3.63, 3.8) is 0 Å². The zero-order valence-electron chi connectivity index (χ0n) is 29.1. The average molecular weight is 685 g/mol. The van der Waals surface area contributed by atoms with Crippen molar-refractivity contribution in [3.05, 3.63) is 47.5 Å². The summed E-state index contributed by atoms with van der Waals surface area (Å²) in [4.78, 5) is 32.9. The van der Waals surface area contributed by atoms with E-state index in [1.54, 1.807) is 19.2 Å². The van der Waals surface area contributed by atoms with Gasteiger partial charge in [0.1, 0.15) is 0 Å². The molecule has 1 aromatic heterocycles. The van der Waals surface area contributed by atoms with Crippen LogP contribution >= 0.6 is 0 Å². The first kappa shape index (κ1) is 35.5. The first-order chi connectivity index (χ1) is 22.6. The number of aryl methyl sites for hydroxylation is 1. The van der Waals surface area contributed by atoms with E-state index in [-0.39, 0.29) is 40.6 Å². The first-order valence-electron chi connectivity index (χ1n) is 16.1. The van der Waals surface area contributed by atoms with Crippen LogP contribution in [-0.2, 0) is 38.6 Å². The second-order valence-electron chi connectivity index (χ2n) is 13.8. The van der Waals surface area contributed by atoms with Gasteiger partial charge in [-0.05, 0) is 42.1 Å². The molecule has 0 aliphatic carbocycles. The van der Waals surface area contributed by atoms with Gasteiger partial charge in [-0.25, -0.2) is 13.2 Å². The van der Waals surface area contributed by atoms with E-state index in [1.807, 2.05) is 62.5 Å². The molecule has 2 aliphatic heterocycles. The minimum absolute atomic E-state index is 0.0931. The van der Waals surface area contributed by atoms with Gasteiger partial charge in [-0.15, -0.1) is 0 Å². The van der Waals surface area contributed by atoms with Gasteiger partial charge in [-0.1, -0.05) is 39.0 Å². The minimum atomic E-state index is -3.62. The molecule has 2 saturated heterocycles. The highest BCUT2D eigenvalue weighted by Crippen LogP contribution is 2.39. The number of hydrogen-bond acceptors (Lipinski definition) is 9. The number of benzene rings is 2. The van der Waals surface area contributed by atoms with Gasteiger partial charge in [0.25, 0.3) is 0 Å². The van der Waals surface area contributed by atoms with E-state index in [0.717, 1.165) is 54.3 Å². The molecule has 0 spiro atoms. The van der Waals surface area contributed by atoms with Crippen LogP contribution in [0.1, 0.15) is 38.3 Å². The standard InChI is InChI=1S/C34H48N6O7S/c1-34(2,3)24-17-26(31(46-7)27(18-24)36-48(8,43)44)35-33(42)47-29-16-22-10-9-11-23(30(22)38(29)5)20-39-12-14-40(15-13-39)32(41)28-19-25(45-6)21-37(28)4/h9-11,16-18,25,28,36H,12-15,19-21H2,1-8H3,(H,35,42)/t25-,28-/m1/s1. The molecule has 0 bridgehead atoms. The Bertz CT molecular complexity index is 1780. The zero-order chi connectivity index (χ0) is 35.0. The molecule has 0 saturated carbocycles. The summed E-state index contributed by atoms with van der Waals surface area (Å²) < 4.78 is 45.4. The Morgan fingerprint density at radius 3 is 2.29 bits per heavy atom. The highest BCUT2D eigenvalue weighted by atomic mass is 32.2. The lowest BCUT2D eigenvalue weighted by molar-refractivity contribution is -0.137. The van der Waals surface area contributed by atoms with Crippen LogP contribution in [-0.4, -0.2) is 112 Å². The van der Waals surface area contributed by atoms with Crippen LogP contribution in [0.25, 0.3) is 10.9 Å². The summed E-state index contributed by atoms with van der Waals surface area (Å²) in [6, 6.07) is 11.2. The van der Waals surface area contributed by atoms with Crippen LogP contribution in [0, 0.1) is 0 Å². The molecule has 262 valence electrons. The zero-order valence-corrected chi connectivity index (χ0v) is 29.9. The number of carbonyl (C=O) groups excluding carboxylic acids is 2. The maximum atomic E-state index is 13.3. The fourth-order valence-corrected chi connectivity index (χ4v) is 7.12. The number of sulfonamides is 1. The number of aromatic nitrogens is 1. The Morgan fingerprint density at radius 1 is 1.00 bits per heavy atom. The maximum Gasteiger partial charge on any atom is 0.418 e. The fraction of sp³-hybridized carbons (Fsp3) is 0.529. The average Bonchev–Trinajstić information content (AvgIpc) is 3.54. The van der Waals surface area contributed by atoms with Crippen LogP contribution in [0.4, 0.5) is 16.2 Å².